The summed E-state index contributed by atoms with van der Waals surface area (Å²) in [6.45, 7) is 3.14. The van der Waals surface area contributed by atoms with Gasteiger partial charge in [-0.05, 0) is 43.0 Å². The van der Waals surface area contributed by atoms with E-state index in [1.54, 1.807) is 18.2 Å². The molecule has 2 atom stereocenters. The number of amides is 1. The fourth-order valence-corrected chi connectivity index (χ4v) is 3.72. The van der Waals surface area contributed by atoms with E-state index in [2.05, 4.69) is 15.6 Å². The molecular formula is C21H23ClN4O3. The highest BCUT2D eigenvalue weighted by molar-refractivity contribution is 5.85. The molecule has 2 aromatic carbocycles. The first-order valence-corrected chi connectivity index (χ1v) is 9.28. The third-order valence-electron chi connectivity index (χ3n) is 5.12. The quantitative estimate of drug-likeness (QED) is 0.519. The van der Waals surface area contributed by atoms with Gasteiger partial charge in [0, 0.05) is 18.5 Å². The van der Waals surface area contributed by atoms with Crippen molar-refractivity contribution >= 4 is 29.4 Å². The summed E-state index contributed by atoms with van der Waals surface area (Å²) >= 11 is 0. The number of hydrogen-bond donors (Lipinski definition) is 4. The molecule has 4 rings (SSSR count). The fraction of sp³-hybridized carbons (Fsp3) is 0.286. The topological polar surface area (TPSA) is 107 Å². The second-order valence-electron chi connectivity index (χ2n) is 7.22. The van der Waals surface area contributed by atoms with E-state index in [4.69, 9.17) is 10.1 Å². The minimum atomic E-state index is -1.01. The maximum absolute atomic E-state index is 10.8. The lowest BCUT2D eigenvalue weighted by Gasteiger charge is -2.15. The van der Waals surface area contributed by atoms with Crippen LogP contribution in [0.3, 0.4) is 0 Å². The molecule has 0 saturated carbocycles. The average molecular weight is 415 g/mol. The van der Waals surface area contributed by atoms with Gasteiger partial charge in [-0.2, -0.15) is 0 Å². The molecule has 0 radical (unpaired) electrons. The largest absolute Gasteiger partial charge is 0.507 e. The van der Waals surface area contributed by atoms with Gasteiger partial charge in [0.1, 0.15) is 5.75 Å². The zero-order valence-corrected chi connectivity index (χ0v) is 16.7. The van der Waals surface area contributed by atoms with Gasteiger partial charge in [0.2, 0.25) is 0 Å². The van der Waals surface area contributed by atoms with Crippen LogP contribution in [0, 0.1) is 12.8 Å². The van der Waals surface area contributed by atoms with Crippen molar-refractivity contribution in [3.63, 3.8) is 0 Å². The number of aryl methyl sites for hydroxylation is 1. The number of benzene rings is 2. The zero-order valence-electron chi connectivity index (χ0n) is 15.9. The van der Waals surface area contributed by atoms with Crippen molar-refractivity contribution in [1.82, 2.24) is 20.6 Å². The molecule has 1 aliphatic heterocycles. The standard InChI is InChI=1S/C21H22N4O3.ClH/c1-12-6-7-14-16(8-12)24-20(15-4-2-3-5-18(15)26)25-19(14)17-9-13(10-22-17)11-23-21(27)28;/h2-8,13,17,22-23,26H,9-11H2,1H3,(H,27,28);1H. The minimum absolute atomic E-state index is 0. The van der Waals surface area contributed by atoms with Gasteiger partial charge in [-0.25, -0.2) is 14.8 Å². The number of nitrogens with one attached hydrogen (secondary N) is 2. The molecule has 0 aliphatic carbocycles. The van der Waals surface area contributed by atoms with E-state index in [-0.39, 0.29) is 30.1 Å². The molecule has 8 heteroatoms. The summed E-state index contributed by atoms with van der Waals surface area (Å²) in [5.74, 6) is 0.827. The number of aromatic hydroxyl groups is 1. The van der Waals surface area contributed by atoms with Crippen LogP contribution in [0.1, 0.15) is 23.7 Å². The first-order valence-electron chi connectivity index (χ1n) is 9.28. The number of nitrogens with zero attached hydrogens (tertiary/aromatic N) is 2. The number of phenolic OH excluding ortho intramolecular Hbond substituents is 1. The van der Waals surface area contributed by atoms with Gasteiger partial charge >= 0.3 is 6.09 Å². The smallest absolute Gasteiger partial charge is 0.404 e. The Balaban J connectivity index is 0.00000240. The van der Waals surface area contributed by atoms with Gasteiger partial charge in [0.25, 0.3) is 0 Å². The molecule has 0 spiro atoms. The first-order chi connectivity index (χ1) is 13.5. The van der Waals surface area contributed by atoms with E-state index < -0.39 is 6.09 Å². The lowest BCUT2D eigenvalue weighted by atomic mass is 10.00. The molecule has 29 heavy (non-hydrogen) atoms. The summed E-state index contributed by atoms with van der Waals surface area (Å²) in [5.41, 5.74) is 3.40. The Labute approximate surface area is 174 Å². The maximum Gasteiger partial charge on any atom is 0.404 e. The number of phenols is 1. The van der Waals surface area contributed by atoms with Crippen molar-refractivity contribution in [2.24, 2.45) is 5.92 Å². The highest BCUT2D eigenvalue weighted by atomic mass is 35.5. The van der Waals surface area contributed by atoms with Crippen molar-refractivity contribution in [2.45, 2.75) is 19.4 Å². The lowest BCUT2D eigenvalue weighted by Crippen LogP contribution is -2.28. The predicted molar refractivity (Wildman–Crippen MR) is 114 cm³/mol. The second kappa shape index (κ2) is 8.63. The molecule has 1 aliphatic rings. The molecule has 2 heterocycles. The van der Waals surface area contributed by atoms with Gasteiger partial charge in [0.05, 0.1) is 22.8 Å². The van der Waals surface area contributed by atoms with E-state index in [0.29, 0.717) is 24.5 Å². The van der Waals surface area contributed by atoms with E-state index in [1.165, 1.54) is 0 Å². The van der Waals surface area contributed by atoms with Crippen molar-refractivity contribution in [3.8, 4) is 17.1 Å². The number of aromatic nitrogens is 2. The Morgan fingerprint density at radius 1 is 1.24 bits per heavy atom. The Morgan fingerprint density at radius 3 is 2.79 bits per heavy atom. The summed E-state index contributed by atoms with van der Waals surface area (Å²) in [6, 6.07) is 13.1. The molecule has 7 nitrogen and oxygen atoms in total. The third-order valence-corrected chi connectivity index (χ3v) is 5.12. The number of fused-ring (bicyclic) bond motifs is 1. The highest BCUT2D eigenvalue weighted by Gasteiger charge is 2.28. The summed E-state index contributed by atoms with van der Waals surface area (Å²) in [5, 5.41) is 26.0. The van der Waals surface area contributed by atoms with Crippen molar-refractivity contribution in [1.29, 1.82) is 0 Å². The number of carbonyl (C=O) groups is 1. The van der Waals surface area contributed by atoms with Gasteiger partial charge in [-0.1, -0.05) is 24.3 Å². The molecular weight excluding hydrogens is 392 g/mol. The van der Waals surface area contributed by atoms with Gasteiger partial charge in [-0.3, -0.25) is 0 Å². The van der Waals surface area contributed by atoms with Crippen molar-refractivity contribution < 1.29 is 15.0 Å². The second-order valence-corrected chi connectivity index (χ2v) is 7.22. The predicted octanol–water partition coefficient (Wildman–Crippen LogP) is 3.65. The summed E-state index contributed by atoms with van der Waals surface area (Å²) in [6.07, 6.45) is -0.228. The number of hydrogen-bond acceptors (Lipinski definition) is 5. The molecule has 3 aromatic rings. The number of para-hydroxylation sites is 1. The van der Waals surface area contributed by atoms with Crippen LogP contribution in [-0.2, 0) is 0 Å². The maximum atomic E-state index is 10.8. The molecule has 1 amide bonds. The normalized spacial score (nSPS) is 18.4. The van der Waals surface area contributed by atoms with E-state index in [1.807, 2.05) is 31.2 Å². The number of halogens is 1. The zero-order chi connectivity index (χ0) is 19.7. The van der Waals surface area contributed by atoms with Crippen molar-refractivity contribution in [2.75, 3.05) is 13.1 Å². The van der Waals surface area contributed by atoms with Crippen molar-refractivity contribution in [3.05, 3.63) is 53.7 Å². The van der Waals surface area contributed by atoms with Crippen LogP contribution in [0.2, 0.25) is 0 Å². The fourth-order valence-electron chi connectivity index (χ4n) is 3.72. The lowest BCUT2D eigenvalue weighted by molar-refractivity contribution is 0.192. The highest BCUT2D eigenvalue weighted by Crippen LogP contribution is 2.34. The molecule has 1 fully saturated rings. The minimum Gasteiger partial charge on any atom is -0.507 e. The Hall–Kier alpha value is -2.90. The van der Waals surface area contributed by atoms with Crippen LogP contribution in [0.15, 0.2) is 42.5 Å². The van der Waals surface area contributed by atoms with Gasteiger partial charge in [0.15, 0.2) is 5.82 Å². The van der Waals surface area contributed by atoms with Crippen LogP contribution < -0.4 is 10.6 Å². The van der Waals surface area contributed by atoms with Gasteiger partial charge < -0.3 is 20.8 Å². The monoisotopic (exact) mass is 414 g/mol. The van der Waals surface area contributed by atoms with E-state index >= 15 is 0 Å². The Morgan fingerprint density at radius 2 is 2.03 bits per heavy atom. The Bertz CT molecular complexity index is 1040. The van der Waals surface area contributed by atoms with Crippen LogP contribution in [-0.4, -0.2) is 39.4 Å². The number of carboxylic acid groups (broad SMARTS) is 1. The molecule has 1 saturated heterocycles. The van der Waals surface area contributed by atoms with Crippen LogP contribution in [0.5, 0.6) is 5.75 Å². The summed E-state index contributed by atoms with van der Waals surface area (Å²) in [4.78, 5) is 20.3. The molecule has 4 N–H and O–H groups in total. The molecule has 0 bridgehead atoms. The average Bonchev–Trinajstić information content (AvgIpc) is 3.14. The molecule has 152 valence electrons. The summed E-state index contributed by atoms with van der Waals surface area (Å²) in [7, 11) is 0. The molecule has 2 unspecified atom stereocenters. The van der Waals surface area contributed by atoms with E-state index in [0.717, 1.165) is 28.6 Å². The van der Waals surface area contributed by atoms with E-state index in [9.17, 15) is 9.90 Å². The first kappa shape index (κ1) is 20.8. The van der Waals surface area contributed by atoms with Gasteiger partial charge in [-0.15, -0.1) is 12.4 Å². The number of rotatable bonds is 4. The SMILES string of the molecule is Cc1ccc2c(C3CC(CNC(=O)O)CN3)nc(-c3ccccc3O)nc2c1.Cl. The summed E-state index contributed by atoms with van der Waals surface area (Å²) < 4.78 is 0. The van der Waals surface area contributed by atoms with Crippen LogP contribution in [0.25, 0.3) is 22.3 Å². The third kappa shape index (κ3) is 4.41. The Kier molecular flexibility index (Phi) is 6.20. The molecule has 1 aromatic heterocycles. The van der Waals surface area contributed by atoms with Crippen LogP contribution in [0.4, 0.5) is 4.79 Å². The van der Waals surface area contributed by atoms with Crippen LogP contribution >= 0.6 is 12.4 Å².